The van der Waals surface area contributed by atoms with Gasteiger partial charge in [-0.3, -0.25) is 10.1 Å². The first-order chi connectivity index (χ1) is 10.3. The van der Waals surface area contributed by atoms with Gasteiger partial charge in [-0.15, -0.1) is 0 Å². The lowest BCUT2D eigenvalue weighted by atomic mass is 9.98. The van der Waals surface area contributed by atoms with Crippen molar-refractivity contribution in [1.82, 2.24) is 0 Å². The van der Waals surface area contributed by atoms with Gasteiger partial charge in [0.1, 0.15) is 24.4 Å². The van der Waals surface area contributed by atoms with E-state index in [1.807, 2.05) is 0 Å². The lowest BCUT2D eigenvalue weighted by Crippen LogP contribution is -2.60. The number of aliphatic hydroxyl groups excluding tert-OH is 4. The Bertz CT molecular complexity index is 551. The largest absolute Gasteiger partial charge is 0.394 e. The van der Waals surface area contributed by atoms with E-state index in [0.717, 1.165) is 0 Å². The van der Waals surface area contributed by atoms with Gasteiger partial charge in [0.05, 0.1) is 11.5 Å². The SMILES string of the molecule is Cc1cc([N+](=O)[O-])ccc1N[C@@H]1O[C@H](CO)[C@@H](O)[C@@H](O)[C@@H]1O. The Morgan fingerprint density at radius 3 is 2.50 bits per heavy atom. The molecule has 1 aromatic rings. The Kier molecular flexibility index (Phi) is 4.94. The van der Waals surface area contributed by atoms with Crippen LogP contribution in [0.1, 0.15) is 5.56 Å². The predicted octanol–water partition coefficient (Wildman–Crippen LogP) is -0.885. The van der Waals surface area contributed by atoms with Gasteiger partial charge in [-0.2, -0.15) is 0 Å². The van der Waals surface area contributed by atoms with Crippen molar-refractivity contribution in [3.05, 3.63) is 33.9 Å². The van der Waals surface area contributed by atoms with Gasteiger partial charge in [0.15, 0.2) is 6.23 Å². The van der Waals surface area contributed by atoms with E-state index in [9.17, 15) is 25.4 Å². The van der Waals surface area contributed by atoms with E-state index in [4.69, 9.17) is 9.84 Å². The molecule has 0 bridgehead atoms. The van der Waals surface area contributed by atoms with Gasteiger partial charge < -0.3 is 30.5 Å². The number of rotatable bonds is 4. The van der Waals surface area contributed by atoms with Gasteiger partial charge >= 0.3 is 0 Å². The van der Waals surface area contributed by atoms with Crippen molar-refractivity contribution in [3.63, 3.8) is 0 Å². The summed E-state index contributed by atoms with van der Waals surface area (Å²) in [7, 11) is 0. The lowest BCUT2D eigenvalue weighted by Gasteiger charge is -2.40. The zero-order valence-corrected chi connectivity index (χ0v) is 11.8. The van der Waals surface area contributed by atoms with Gasteiger partial charge in [0, 0.05) is 17.8 Å². The topological polar surface area (TPSA) is 145 Å². The molecule has 22 heavy (non-hydrogen) atoms. The van der Waals surface area contributed by atoms with Crippen molar-refractivity contribution in [2.24, 2.45) is 0 Å². The Balaban J connectivity index is 2.17. The van der Waals surface area contributed by atoms with Crippen molar-refractivity contribution in [1.29, 1.82) is 0 Å². The number of non-ortho nitro benzene ring substituents is 1. The van der Waals surface area contributed by atoms with Crippen LogP contribution < -0.4 is 5.32 Å². The molecular formula is C13H18N2O7. The van der Waals surface area contributed by atoms with Crippen LogP contribution in [-0.2, 0) is 4.74 Å². The van der Waals surface area contributed by atoms with Crippen LogP contribution >= 0.6 is 0 Å². The summed E-state index contributed by atoms with van der Waals surface area (Å²) < 4.78 is 5.31. The molecule has 2 rings (SSSR count). The third-order valence-electron chi connectivity index (χ3n) is 3.61. The summed E-state index contributed by atoms with van der Waals surface area (Å²) in [4.78, 5) is 10.2. The van der Waals surface area contributed by atoms with E-state index < -0.39 is 42.2 Å². The number of ether oxygens (including phenoxy) is 1. The van der Waals surface area contributed by atoms with Crippen molar-refractivity contribution in [2.45, 2.75) is 37.6 Å². The van der Waals surface area contributed by atoms with Crippen LogP contribution in [0.2, 0.25) is 0 Å². The number of aliphatic hydroxyl groups is 4. The molecule has 0 aromatic heterocycles. The number of benzene rings is 1. The van der Waals surface area contributed by atoms with Gasteiger partial charge in [-0.1, -0.05) is 0 Å². The molecule has 1 aromatic carbocycles. The molecule has 1 heterocycles. The monoisotopic (exact) mass is 314 g/mol. The second kappa shape index (κ2) is 6.55. The van der Waals surface area contributed by atoms with Crippen LogP contribution in [0, 0.1) is 17.0 Å². The number of nitrogens with one attached hydrogen (secondary N) is 1. The Morgan fingerprint density at radius 1 is 1.27 bits per heavy atom. The van der Waals surface area contributed by atoms with E-state index in [2.05, 4.69) is 5.32 Å². The van der Waals surface area contributed by atoms with Crippen molar-refractivity contribution >= 4 is 11.4 Å². The molecule has 5 atom stereocenters. The fourth-order valence-corrected chi connectivity index (χ4v) is 2.30. The number of nitro benzene ring substituents is 1. The molecule has 9 nitrogen and oxygen atoms in total. The highest BCUT2D eigenvalue weighted by Crippen LogP contribution is 2.26. The zero-order valence-electron chi connectivity index (χ0n) is 11.8. The molecule has 1 aliphatic heterocycles. The highest BCUT2D eigenvalue weighted by Gasteiger charge is 2.43. The minimum atomic E-state index is -1.48. The maximum atomic E-state index is 10.7. The standard InChI is InChI=1S/C13H18N2O7/c1-6-4-7(15(20)21)2-3-8(6)14-13-12(19)11(18)10(17)9(5-16)22-13/h2-4,9-14,16-19H,5H2,1H3/t9-,10-,11-,12+,13-/m1/s1. The quantitative estimate of drug-likeness (QED) is 0.355. The first-order valence-electron chi connectivity index (χ1n) is 6.67. The van der Waals surface area contributed by atoms with E-state index in [1.54, 1.807) is 6.92 Å². The molecular weight excluding hydrogens is 296 g/mol. The van der Waals surface area contributed by atoms with E-state index in [-0.39, 0.29) is 5.69 Å². The maximum Gasteiger partial charge on any atom is 0.269 e. The molecule has 1 aliphatic rings. The smallest absolute Gasteiger partial charge is 0.269 e. The second-order valence-electron chi connectivity index (χ2n) is 5.15. The van der Waals surface area contributed by atoms with Crippen LogP contribution in [0.25, 0.3) is 0 Å². The highest BCUT2D eigenvalue weighted by atomic mass is 16.6. The molecule has 122 valence electrons. The molecule has 1 fully saturated rings. The average molecular weight is 314 g/mol. The fraction of sp³-hybridized carbons (Fsp3) is 0.538. The average Bonchev–Trinajstić information content (AvgIpc) is 2.49. The zero-order chi connectivity index (χ0) is 16.4. The van der Waals surface area contributed by atoms with Gasteiger partial charge in [-0.05, 0) is 18.6 Å². The minimum Gasteiger partial charge on any atom is -0.394 e. The molecule has 5 N–H and O–H groups in total. The summed E-state index contributed by atoms with van der Waals surface area (Å²) in [5.74, 6) is 0. The summed E-state index contributed by atoms with van der Waals surface area (Å²) in [6.45, 7) is 1.11. The Hall–Kier alpha value is -1.78. The lowest BCUT2D eigenvalue weighted by molar-refractivity contribution is -0.384. The summed E-state index contributed by atoms with van der Waals surface area (Å²) in [5.41, 5.74) is 0.943. The maximum absolute atomic E-state index is 10.7. The van der Waals surface area contributed by atoms with Crippen molar-refractivity contribution in [3.8, 4) is 0 Å². The van der Waals surface area contributed by atoms with Crippen LogP contribution in [-0.4, -0.2) is 62.6 Å². The van der Waals surface area contributed by atoms with Gasteiger partial charge in [-0.25, -0.2) is 0 Å². The highest BCUT2D eigenvalue weighted by molar-refractivity contribution is 5.55. The third kappa shape index (κ3) is 3.18. The second-order valence-corrected chi connectivity index (χ2v) is 5.15. The molecule has 0 amide bonds. The first-order valence-corrected chi connectivity index (χ1v) is 6.67. The molecule has 0 radical (unpaired) electrons. The summed E-state index contributed by atoms with van der Waals surface area (Å²) >= 11 is 0. The van der Waals surface area contributed by atoms with E-state index in [0.29, 0.717) is 11.3 Å². The molecule has 1 saturated heterocycles. The normalized spacial score (nSPS) is 31.8. The molecule has 0 unspecified atom stereocenters. The van der Waals surface area contributed by atoms with Crippen LogP contribution in [0.3, 0.4) is 0 Å². The van der Waals surface area contributed by atoms with E-state index in [1.165, 1.54) is 18.2 Å². The fourth-order valence-electron chi connectivity index (χ4n) is 2.30. The first kappa shape index (κ1) is 16.6. The number of nitrogens with zero attached hydrogens (tertiary/aromatic N) is 1. The number of hydrogen-bond donors (Lipinski definition) is 5. The Labute approximate surface area is 125 Å². The molecule has 0 saturated carbocycles. The van der Waals surface area contributed by atoms with Gasteiger partial charge in [0.2, 0.25) is 0 Å². The Morgan fingerprint density at radius 2 is 1.95 bits per heavy atom. The van der Waals surface area contributed by atoms with Crippen LogP contribution in [0.4, 0.5) is 11.4 Å². The van der Waals surface area contributed by atoms with Gasteiger partial charge in [0.25, 0.3) is 5.69 Å². The molecule has 0 aliphatic carbocycles. The van der Waals surface area contributed by atoms with Crippen LogP contribution in [0.5, 0.6) is 0 Å². The predicted molar refractivity (Wildman–Crippen MR) is 75.2 cm³/mol. The number of aryl methyl sites for hydroxylation is 1. The number of anilines is 1. The molecule has 0 spiro atoms. The summed E-state index contributed by atoms with van der Waals surface area (Å²) in [6.07, 6.45) is -6.44. The van der Waals surface area contributed by atoms with Crippen molar-refractivity contribution < 1.29 is 30.1 Å². The third-order valence-corrected chi connectivity index (χ3v) is 3.61. The molecule has 9 heteroatoms. The summed E-state index contributed by atoms with van der Waals surface area (Å²) in [6, 6.07) is 4.10. The number of hydrogen-bond acceptors (Lipinski definition) is 8. The number of nitro groups is 1. The van der Waals surface area contributed by atoms with E-state index >= 15 is 0 Å². The van der Waals surface area contributed by atoms with Crippen molar-refractivity contribution in [2.75, 3.05) is 11.9 Å². The minimum absolute atomic E-state index is 0.0724. The summed E-state index contributed by atoms with van der Waals surface area (Å²) in [5, 5.41) is 52.0. The van der Waals surface area contributed by atoms with Crippen LogP contribution in [0.15, 0.2) is 18.2 Å².